The van der Waals surface area contributed by atoms with Gasteiger partial charge in [-0.2, -0.15) is 0 Å². The van der Waals surface area contributed by atoms with Gasteiger partial charge in [0.1, 0.15) is 6.61 Å². The van der Waals surface area contributed by atoms with E-state index in [0.717, 1.165) is 70.6 Å². The van der Waals surface area contributed by atoms with Crippen LogP contribution in [0.2, 0.25) is 0 Å². The van der Waals surface area contributed by atoms with Gasteiger partial charge in [0.05, 0.1) is 6.61 Å². The van der Waals surface area contributed by atoms with E-state index in [9.17, 15) is 14.7 Å². The Morgan fingerprint density at radius 2 is 0.717 bits per heavy atom. The number of carbonyl (C=O) groups is 2. The maximum atomic E-state index is 12.2. The van der Waals surface area contributed by atoms with Crippen LogP contribution in [0.5, 0.6) is 0 Å². The molecule has 1 unspecified atom stereocenters. The molecular weight excluding hydrogens is 741 g/mol. The van der Waals surface area contributed by atoms with E-state index in [1.54, 1.807) is 0 Å². The highest BCUT2D eigenvalue weighted by molar-refractivity contribution is 5.70. The number of esters is 2. The van der Waals surface area contributed by atoms with Crippen LogP contribution >= 0.6 is 0 Å². The zero-order valence-electron chi connectivity index (χ0n) is 39.7. The molecule has 0 bridgehead atoms. The van der Waals surface area contributed by atoms with Crippen molar-refractivity contribution >= 4 is 11.9 Å². The van der Waals surface area contributed by atoms with E-state index in [0.29, 0.717) is 12.8 Å². The molecule has 0 aliphatic heterocycles. The first-order valence-electron chi connectivity index (χ1n) is 25.8. The number of allylic oxidation sites excluding steroid dienone is 10. The van der Waals surface area contributed by atoms with Gasteiger partial charge < -0.3 is 14.6 Å². The SMILES string of the molecule is CC/C=C\C/C=C\C/C=C\C/C=C\CCCCCCCCC(=O)OC(CO)COC(=O)CCCCCCCCCCCCCCCCC/C=C\CCCCCCCCCC. The van der Waals surface area contributed by atoms with E-state index < -0.39 is 6.10 Å². The van der Waals surface area contributed by atoms with Crippen LogP contribution < -0.4 is 0 Å². The van der Waals surface area contributed by atoms with Crippen molar-refractivity contribution in [3.05, 3.63) is 60.8 Å². The maximum absolute atomic E-state index is 12.2. The molecule has 5 heteroatoms. The highest BCUT2D eigenvalue weighted by Gasteiger charge is 2.16. The van der Waals surface area contributed by atoms with Crippen molar-refractivity contribution in [1.82, 2.24) is 0 Å². The first kappa shape index (κ1) is 57.6. The summed E-state index contributed by atoms with van der Waals surface area (Å²) in [4.78, 5) is 24.4. The number of hydrogen-bond acceptors (Lipinski definition) is 5. The molecule has 0 radical (unpaired) electrons. The Bertz CT molecular complexity index is 1040. The molecular formula is C55H98O5. The smallest absolute Gasteiger partial charge is 0.306 e. The van der Waals surface area contributed by atoms with E-state index in [2.05, 4.69) is 74.6 Å². The van der Waals surface area contributed by atoms with Gasteiger partial charge in [-0.1, -0.05) is 229 Å². The van der Waals surface area contributed by atoms with E-state index >= 15 is 0 Å². The summed E-state index contributed by atoms with van der Waals surface area (Å²) in [6.07, 6.45) is 67.5. The van der Waals surface area contributed by atoms with Crippen molar-refractivity contribution in [2.24, 2.45) is 0 Å². The number of carbonyl (C=O) groups excluding carboxylic acids is 2. The molecule has 348 valence electrons. The third-order valence-electron chi connectivity index (χ3n) is 11.3. The van der Waals surface area contributed by atoms with E-state index in [-0.39, 0.29) is 25.2 Å². The second-order valence-electron chi connectivity index (χ2n) is 17.2. The van der Waals surface area contributed by atoms with Gasteiger partial charge in [-0.15, -0.1) is 0 Å². The predicted octanol–water partition coefficient (Wildman–Crippen LogP) is 17.1. The number of aliphatic hydroxyl groups is 1. The maximum Gasteiger partial charge on any atom is 0.306 e. The van der Waals surface area contributed by atoms with Crippen LogP contribution in [0.15, 0.2) is 60.8 Å². The third kappa shape index (κ3) is 48.3. The van der Waals surface area contributed by atoms with E-state index in [1.807, 2.05) is 0 Å². The number of unbranched alkanes of at least 4 members (excludes halogenated alkanes) is 29. The Labute approximate surface area is 372 Å². The lowest BCUT2D eigenvalue weighted by Crippen LogP contribution is -2.28. The zero-order chi connectivity index (χ0) is 43.5. The Balaban J connectivity index is 3.49. The monoisotopic (exact) mass is 839 g/mol. The second kappa shape index (κ2) is 51.0. The van der Waals surface area contributed by atoms with Gasteiger partial charge in [0, 0.05) is 12.8 Å². The Kier molecular flexibility index (Phi) is 48.9. The lowest BCUT2D eigenvalue weighted by Gasteiger charge is -2.15. The Morgan fingerprint density at radius 1 is 0.400 bits per heavy atom. The summed E-state index contributed by atoms with van der Waals surface area (Å²) in [6, 6.07) is 0. The molecule has 0 aromatic rings. The molecule has 0 rings (SSSR count). The van der Waals surface area contributed by atoms with Crippen LogP contribution in [0.4, 0.5) is 0 Å². The summed E-state index contributed by atoms with van der Waals surface area (Å²) in [7, 11) is 0. The van der Waals surface area contributed by atoms with Gasteiger partial charge >= 0.3 is 11.9 Å². The molecule has 0 spiro atoms. The topological polar surface area (TPSA) is 72.8 Å². The van der Waals surface area contributed by atoms with Gasteiger partial charge in [-0.05, 0) is 77.0 Å². The number of ether oxygens (including phenoxy) is 2. The van der Waals surface area contributed by atoms with Crippen molar-refractivity contribution in [3.63, 3.8) is 0 Å². The minimum atomic E-state index is -0.781. The number of aliphatic hydroxyl groups excluding tert-OH is 1. The average molecular weight is 839 g/mol. The van der Waals surface area contributed by atoms with Crippen LogP contribution in [0, 0.1) is 0 Å². The molecule has 0 saturated heterocycles. The largest absolute Gasteiger partial charge is 0.462 e. The molecule has 0 aromatic carbocycles. The quantitative estimate of drug-likeness (QED) is 0.0375. The van der Waals surface area contributed by atoms with Gasteiger partial charge in [0.2, 0.25) is 0 Å². The third-order valence-corrected chi connectivity index (χ3v) is 11.3. The predicted molar refractivity (Wildman–Crippen MR) is 260 cm³/mol. The minimum Gasteiger partial charge on any atom is -0.462 e. The fourth-order valence-electron chi connectivity index (χ4n) is 7.42. The molecule has 0 fully saturated rings. The van der Waals surface area contributed by atoms with Crippen molar-refractivity contribution in [1.29, 1.82) is 0 Å². The van der Waals surface area contributed by atoms with Gasteiger partial charge in [0.25, 0.3) is 0 Å². The first-order chi connectivity index (χ1) is 29.6. The standard InChI is InChI=1S/C55H98O5/c1-3-5-7-9-11-13-15-17-19-21-23-24-25-26-27-28-29-30-32-33-35-37-39-41-43-45-47-49-54(57)59-52-53(51-56)60-55(58)50-48-46-44-42-40-38-36-34-31-22-20-18-16-14-12-10-8-6-4-2/h6,8,12,14,18,20-21,23,31,34,53,56H,3-5,7,9-11,13,15-17,19,22,24-30,32-33,35-52H2,1-2H3/b8-6-,14-12-,20-18-,23-21-,34-31-. The van der Waals surface area contributed by atoms with Crippen molar-refractivity contribution in [2.45, 2.75) is 264 Å². The summed E-state index contributed by atoms with van der Waals surface area (Å²) in [5, 5.41) is 9.62. The van der Waals surface area contributed by atoms with Crippen molar-refractivity contribution in [3.8, 4) is 0 Å². The van der Waals surface area contributed by atoms with Gasteiger partial charge in [0.15, 0.2) is 6.10 Å². The molecule has 0 aromatic heterocycles. The summed E-state index contributed by atoms with van der Waals surface area (Å²) < 4.78 is 10.7. The molecule has 1 N–H and O–H groups in total. The molecule has 5 nitrogen and oxygen atoms in total. The fraction of sp³-hybridized carbons (Fsp3) is 0.782. The lowest BCUT2D eigenvalue weighted by atomic mass is 10.0. The summed E-state index contributed by atoms with van der Waals surface area (Å²) >= 11 is 0. The fourth-order valence-corrected chi connectivity index (χ4v) is 7.42. The normalized spacial score (nSPS) is 12.7. The highest BCUT2D eigenvalue weighted by atomic mass is 16.6. The summed E-state index contributed by atoms with van der Waals surface area (Å²) in [6.45, 7) is 4.04. The molecule has 0 saturated carbocycles. The molecule has 60 heavy (non-hydrogen) atoms. The summed E-state index contributed by atoms with van der Waals surface area (Å²) in [5.74, 6) is -0.601. The molecule has 0 heterocycles. The number of rotatable bonds is 47. The minimum absolute atomic E-state index is 0.0718. The zero-order valence-corrected chi connectivity index (χ0v) is 39.7. The van der Waals surface area contributed by atoms with Crippen LogP contribution in [0.1, 0.15) is 258 Å². The Morgan fingerprint density at radius 3 is 1.10 bits per heavy atom. The second-order valence-corrected chi connectivity index (χ2v) is 17.2. The molecule has 0 amide bonds. The van der Waals surface area contributed by atoms with E-state index in [4.69, 9.17) is 9.47 Å². The molecule has 0 aliphatic carbocycles. The van der Waals surface area contributed by atoms with Crippen molar-refractivity contribution in [2.75, 3.05) is 13.2 Å². The van der Waals surface area contributed by atoms with Gasteiger partial charge in [-0.3, -0.25) is 9.59 Å². The molecule has 0 aliphatic rings. The van der Waals surface area contributed by atoms with Gasteiger partial charge in [-0.25, -0.2) is 0 Å². The lowest BCUT2D eigenvalue weighted by molar-refractivity contribution is -0.161. The van der Waals surface area contributed by atoms with Crippen LogP contribution in [0.25, 0.3) is 0 Å². The molecule has 1 atom stereocenters. The van der Waals surface area contributed by atoms with Crippen LogP contribution in [-0.4, -0.2) is 36.4 Å². The highest BCUT2D eigenvalue weighted by Crippen LogP contribution is 2.16. The van der Waals surface area contributed by atoms with Crippen molar-refractivity contribution < 1.29 is 24.2 Å². The first-order valence-corrected chi connectivity index (χ1v) is 25.8. The van der Waals surface area contributed by atoms with Crippen LogP contribution in [-0.2, 0) is 19.1 Å². The summed E-state index contributed by atoms with van der Waals surface area (Å²) in [5.41, 5.74) is 0. The average Bonchev–Trinajstić information content (AvgIpc) is 3.25. The van der Waals surface area contributed by atoms with Crippen LogP contribution in [0.3, 0.4) is 0 Å². The van der Waals surface area contributed by atoms with E-state index in [1.165, 1.54) is 161 Å². The number of hydrogen-bond donors (Lipinski definition) is 1. The Hall–Kier alpha value is -2.40.